The number of methoxy groups -OCH3 is 1. The molecule has 1 aromatic carbocycles. The summed E-state index contributed by atoms with van der Waals surface area (Å²) in [6, 6.07) is 2.47. The number of carbonyl (C=O) groups is 1. The van der Waals surface area contributed by atoms with Crippen LogP contribution in [0.2, 0.25) is 0 Å². The quantitative estimate of drug-likeness (QED) is 0.520. The fraction of sp³-hybridized carbons (Fsp3) is 0.560. The summed E-state index contributed by atoms with van der Waals surface area (Å²) < 4.78 is 12.0. The van der Waals surface area contributed by atoms with E-state index in [-0.39, 0.29) is 5.91 Å². The third kappa shape index (κ3) is 4.08. The van der Waals surface area contributed by atoms with E-state index in [1.807, 2.05) is 6.92 Å². The van der Waals surface area contributed by atoms with Crippen LogP contribution in [0.15, 0.2) is 16.6 Å². The smallest absolute Gasteiger partial charge is 0.244 e. The minimum absolute atomic E-state index is 0.00317. The molecule has 1 aromatic heterocycles. The highest BCUT2D eigenvalue weighted by atomic mass is 16.5. The lowest BCUT2D eigenvalue weighted by Crippen LogP contribution is -2.33. The fourth-order valence-electron chi connectivity index (χ4n) is 5.03. The van der Waals surface area contributed by atoms with Gasteiger partial charge in [0.05, 0.1) is 7.11 Å². The minimum Gasteiger partial charge on any atom is -0.496 e. The van der Waals surface area contributed by atoms with Crippen molar-refractivity contribution in [3.05, 3.63) is 34.6 Å². The van der Waals surface area contributed by atoms with Crippen molar-refractivity contribution in [1.29, 1.82) is 0 Å². The average Bonchev–Trinajstić information content (AvgIpc) is 2.89. The van der Waals surface area contributed by atoms with E-state index in [1.165, 1.54) is 49.5 Å². The number of benzene rings is 1. The third-order valence-corrected chi connectivity index (χ3v) is 6.60. The normalized spacial score (nSPS) is 18.4. The molecule has 0 bridgehead atoms. The molecule has 0 unspecified atom stereocenters. The minimum atomic E-state index is 0.00317. The molecule has 0 saturated heterocycles. The molecule has 1 saturated carbocycles. The summed E-state index contributed by atoms with van der Waals surface area (Å²) in [6.45, 7) is 4.06. The Morgan fingerprint density at radius 2 is 1.86 bits per heavy atom. The zero-order valence-corrected chi connectivity index (χ0v) is 18.0. The molecule has 2 aliphatic rings. The van der Waals surface area contributed by atoms with Gasteiger partial charge < -0.3 is 14.5 Å². The number of fused-ring (bicyclic) bond motifs is 3. The van der Waals surface area contributed by atoms with Crippen LogP contribution in [0.5, 0.6) is 5.75 Å². The Hall–Kier alpha value is -2.23. The van der Waals surface area contributed by atoms with Gasteiger partial charge >= 0.3 is 0 Å². The Bertz CT molecular complexity index is 929. The molecule has 0 radical (unpaired) electrons. The van der Waals surface area contributed by atoms with Crippen molar-refractivity contribution < 1.29 is 13.9 Å². The molecule has 0 aliphatic heterocycles. The van der Waals surface area contributed by atoms with Gasteiger partial charge in [-0.25, -0.2) is 0 Å². The summed E-state index contributed by atoms with van der Waals surface area (Å²) in [7, 11) is 1.69. The maximum Gasteiger partial charge on any atom is 0.244 e. The summed E-state index contributed by atoms with van der Waals surface area (Å²) in [5.41, 5.74) is 5.22. The van der Waals surface area contributed by atoms with E-state index in [0.29, 0.717) is 6.04 Å². The number of amides is 1. The van der Waals surface area contributed by atoms with Crippen LogP contribution in [0.3, 0.4) is 0 Å². The number of ether oxygens (including phenoxy) is 1. The van der Waals surface area contributed by atoms with Gasteiger partial charge in [0.25, 0.3) is 0 Å². The van der Waals surface area contributed by atoms with Gasteiger partial charge in [-0.3, -0.25) is 4.79 Å². The number of allylic oxidation sites excluding steroid dienone is 1. The first kappa shape index (κ1) is 20.1. The molecular formula is C25H33NO3. The highest BCUT2D eigenvalue weighted by Gasteiger charge is 2.23. The van der Waals surface area contributed by atoms with Gasteiger partial charge in [0, 0.05) is 40.6 Å². The molecule has 4 heteroatoms. The molecule has 0 atom stereocenters. The van der Waals surface area contributed by atoms with Crippen LogP contribution in [0.4, 0.5) is 0 Å². The van der Waals surface area contributed by atoms with Crippen LogP contribution < -0.4 is 10.1 Å². The number of hydrogen-bond donors (Lipinski definition) is 1. The molecule has 156 valence electrons. The van der Waals surface area contributed by atoms with E-state index in [4.69, 9.17) is 9.15 Å². The largest absolute Gasteiger partial charge is 0.496 e. The van der Waals surface area contributed by atoms with Crippen molar-refractivity contribution in [2.75, 3.05) is 7.11 Å². The van der Waals surface area contributed by atoms with Crippen LogP contribution in [0, 0.1) is 6.92 Å². The maximum absolute atomic E-state index is 12.7. The van der Waals surface area contributed by atoms with Crippen molar-refractivity contribution in [2.45, 2.75) is 84.1 Å². The predicted molar refractivity (Wildman–Crippen MR) is 117 cm³/mol. The van der Waals surface area contributed by atoms with Gasteiger partial charge in [-0.2, -0.15) is 0 Å². The molecule has 4 nitrogen and oxygen atoms in total. The number of rotatable bonds is 4. The van der Waals surface area contributed by atoms with Crippen molar-refractivity contribution in [3.63, 3.8) is 0 Å². The molecule has 0 spiro atoms. The second-order valence-corrected chi connectivity index (χ2v) is 8.69. The van der Waals surface area contributed by atoms with Crippen molar-refractivity contribution in [1.82, 2.24) is 5.32 Å². The standard InChI is InChI=1S/C25H33NO3/c1-16(14-23(27)26-18-10-6-4-5-7-11-18)20-15-21-19-12-8-9-13-22(19)29-25(21)17(2)24(20)28-3/h14-15,18H,4-13H2,1-3H3,(H,26,27)/b16-14+. The number of carbonyl (C=O) groups excluding carboxylic acids is 1. The lowest BCUT2D eigenvalue weighted by molar-refractivity contribution is -0.117. The van der Waals surface area contributed by atoms with E-state index in [0.717, 1.165) is 59.5 Å². The SMILES string of the molecule is COc1c(/C(C)=C/C(=O)NC2CCCCCC2)cc2c3c(oc2c1C)CCCC3. The van der Waals surface area contributed by atoms with Gasteiger partial charge in [0.2, 0.25) is 5.91 Å². The number of aryl methyl sites for hydroxylation is 3. The molecule has 29 heavy (non-hydrogen) atoms. The topological polar surface area (TPSA) is 51.5 Å². The summed E-state index contributed by atoms with van der Waals surface area (Å²) in [5.74, 6) is 1.93. The highest BCUT2D eigenvalue weighted by molar-refractivity contribution is 5.98. The van der Waals surface area contributed by atoms with E-state index >= 15 is 0 Å². The van der Waals surface area contributed by atoms with Crippen LogP contribution in [-0.2, 0) is 17.6 Å². The van der Waals surface area contributed by atoms with Gasteiger partial charge in [-0.05, 0) is 57.6 Å². The van der Waals surface area contributed by atoms with E-state index in [2.05, 4.69) is 18.3 Å². The number of furan rings is 1. The average molecular weight is 396 g/mol. The van der Waals surface area contributed by atoms with Crippen molar-refractivity contribution in [3.8, 4) is 5.75 Å². The first-order valence-electron chi connectivity index (χ1n) is 11.2. The van der Waals surface area contributed by atoms with Crippen molar-refractivity contribution in [2.24, 2.45) is 0 Å². The molecule has 1 amide bonds. The Morgan fingerprint density at radius 1 is 1.14 bits per heavy atom. The lowest BCUT2D eigenvalue weighted by Gasteiger charge is -2.16. The number of hydrogen-bond acceptors (Lipinski definition) is 3. The second kappa shape index (κ2) is 8.64. The Kier molecular flexibility index (Phi) is 5.98. The summed E-state index contributed by atoms with van der Waals surface area (Å²) in [4.78, 5) is 12.7. The number of nitrogens with one attached hydrogen (secondary N) is 1. The van der Waals surface area contributed by atoms with Crippen LogP contribution in [0.25, 0.3) is 16.5 Å². The Balaban J connectivity index is 1.66. The van der Waals surface area contributed by atoms with E-state index < -0.39 is 0 Å². The van der Waals surface area contributed by atoms with Crippen LogP contribution in [-0.4, -0.2) is 19.1 Å². The van der Waals surface area contributed by atoms with Gasteiger partial charge in [0.1, 0.15) is 17.1 Å². The summed E-state index contributed by atoms with van der Waals surface area (Å²) in [5, 5.41) is 4.40. The molecule has 1 N–H and O–H groups in total. The van der Waals surface area contributed by atoms with Gasteiger partial charge in [0.15, 0.2) is 0 Å². The zero-order valence-electron chi connectivity index (χ0n) is 18.0. The Morgan fingerprint density at radius 3 is 2.59 bits per heavy atom. The molecule has 1 heterocycles. The molecule has 4 rings (SSSR count). The first-order valence-corrected chi connectivity index (χ1v) is 11.2. The zero-order chi connectivity index (χ0) is 20.4. The molecular weight excluding hydrogens is 362 g/mol. The monoisotopic (exact) mass is 395 g/mol. The second-order valence-electron chi connectivity index (χ2n) is 8.69. The highest BCUT2D eigenvalue weighted by Crippen LogP contribution is 2.41. The van der Waals surface area contributed by atoms with Gasteiger partial charge in [-0.1, -0.05) is 25.7 Å². The summed E-state index contributed by atoms with van der Waals surface area (Å²) >= 11 is 0. The van der Waals surface area contributed by atoms with E-state index in [9.17, 15) is 4.79 Å². The predicted octanol–water partition coefficient (Wildman–Crippen LogP) is 5.87. The van der Waals surface area contributed by atoms with Crippen LogP contribution >= 0.6 is 0 Å². The fourth-order valence-corrected chi connectivity index (χ4v) is 5.03. The lowest BCUT2D eigenvalue weighted by atomic mass is 9.93. The molecule has 2 aliphatic carbocycles. The first-order chi connectivity index (χ1) is 14.1. The van der Waals surface area contributed by atoms with Gasteiger partial charge in [-0.15, -0.1) is 0 Å². The molecule has 2 aromatic rings. The third-order valence-electron chi connectivity index (χ3n) is 6.60. The summed E-state index contributed by atoms with van der Waals surface area (Å²) in [6.07, 6.45) is 13.4. The molecule has 1 fully saturated rings. The Labute approximate surface area is 173 Å². The van der Waals surface area contributed by atoms with Crippen molar-refractivity contribution >= 4 is 22.4 Å². The van der Waals surface area contributed by atoms with E-state index in [1.54, 1.807) is 13.2 Å². The maximum atomic E-state index is 12.7. The van der Waals surface area contributed by atoms with Crippen LogP contribution in [0.1, 0.15) is 80.7 Å².